The second-order valence-electron chi connectivity index (χ2n) is 11.3. The molecule has 4 aromatic rings. The molecule has 238 valence electrons. The first-order valence-corrected chi connectivity index (χ1v) is 15.4. The van der Waals surface area contributed by atoms with Crippen LogP contribution in [0.1, 0.15) is 69.6 Å². The molecule has 0 radical (unpaired) electrons. The number of nitrogens with zero attached hydrogens (tertiary/aromatic N) is 3. The number of benzene rings is 2. The molecule has 3 heterocycles. The van der Waals surface area contributed by atoms with Crippen molar-refractivity contribution in [3.05, 3.63) is 77.5 Å². The van der Waals surface area contributed by atoms with Gasteiger partial charge in [0.2, 0.25) is 17.7 Å². The van der Waals surface area contributed by atoms with E-state index in [9.17, 15) is 28.8 Å². The smallest absolute Gasteiger partial charge is 0.255 e. The van der Waals surface area contributed by atoms with Gasteiger partial charge in [0.1, 0.15) is 18.2 Å². The van der Waals surface area contributed by atoms with Gasteiger partial charge >= 0.3 is 0 Å². The average Bonchev–Trinajstić information content (AvgIpc) is 3.38. The van der Waals surface area contributed by atoms with E-state index in [1.165, 1.54) is 30.1 Å². The van der Waals surface area contributed by atoms with Crippen LogP contribution < -0.4 is 16.0 Å². The molecule has 2 aromatic carbocycles. The Bertz CT molecular complexity index is 1760. The number of pyridine rings is 1. The molecular weight excluding hydrogens is 588 g/mol. The summed E-state index contributed by atoms with van der Waals surface area (Å²) in [6.07, 6.45) is 5.81. The van der Waals surface area contributed by atoms with Gasteiger partial charge in [-0.25, -0.2) is 4.98 Å². The number of hydrogen-bond acceptors (Lipinski definition) is 7. The van der Waals surface area contributed by atoms with Crippen molar-refractivity contribution in [3.63, 3.8) is 0 Å². The predicted molar refractivity (Wildman–Crippen MR) is 171 cm³/mol. The number of amides is 5. The van der Waals surface area contributed by atoms with Crippen molar-refractivity contribution in [1.29, 1.82) is 0 Å². The first-order chi connectivity index (χ1) is 22.3. The molecule has 1 aliphatic heterocycles. The zero-order valence-electron chi connectivity index (χ0n) is 25.6. The number of nitrogens with one attached hydrogen (secondary N) is 3. The number of aromatic nitrogens is 2. The van der Waals surface area contributed by atoms with Crippen molar-refractivity contribution in [2.24, 2.45) is 0 Å². The number of carbonyl (C=O) groups is 6. The van der Waals surface area contributed by atoms with Crippen molar-refractivity contribution >= 4 is 57.8 Å². The Morgan fingerprint density at radius 2 is 1.72 bits per heavy atom. The Balaban J connectivity index is 1.02. The van der Waals surface area contributed by atoms with Gasteiger partial charge in [-0.05, 0) is 55.7 Å². The summed E-state index contributed by atoms with van der Waals surface area (Å²) in [4.78, 5) is 79.5. The predicted octanol–water partition coefficient (Wildman–Crippen LogP) is 2.99. The molecule has 12 nitrogen and oxygen atoms in total. The lowest BCUT2D eigenvalue weighted by molar-refractivity contribution is -0.136. The van der Waals surface area contributed by atoms with E-state index in [0.717, 1.165) is 47.6 Å². The first kappa shape index (κ1) is 32.0. The fraction of sp³-hybridized carbons (Fsp3) is 0.324. The van der Waals surface area contributed by atoms with Crippen LogP contribution in [0.3, 0.4) is 0 Å². The van der Waals surface area contributed by atoms with Gasteiger partial charge in [-0.15, -0.1) is 0 Å². The SMILES string of the molecule is CN(C(=O)c1ccc(C(=O)NCCCCCCNC(=O)Cn2c3ccccc3c3cccnc32)cc1C=O)C1CCC(=O)NC1=O. The third-order valence-electron chi connectivity index (χ3n) is 8.21. The minimum Gasteiger partial charge on any atom is -0.355 e. The quantitative estimate of drug-likeness (QED) is 0.117. The maximum absolute atomic E-state index is 13.0. The van der Waals surface area contributed by atoms with Crippen molar-refractivity contribution in [3.8, 4) is 0 Å². The zero-order chi connectivity index (χ0) is 32.6. The van der Waals surface area contributed by atoms with Crippen LogP contribution in [0, 0.1) is 0 Å². The molecule has 1 saturated heterocycles. The second kappa shape index (κ2) is 14.6. The maximum atomic E-state index is 13.0. The number of aldehydes is 1. The number of piperidine rings is 1. The van der Waals surface area contributed by atoms with Crippen LogP contribution in [0.5, 0.6) is 0 Å². The number of imide groups is 1. The van der Waals surface area contributed by atoms with Crippen LogP contribution in [0.25, 0.3) is 21.9 Å². The number of carbonyl (C=O) groups excluding carboxylic acids is 6. The molecular formula is C34H36N6O6. The van der Waals surface area contributed by atoms with Crippen LogP contribution in [-0.2, 0) is 20.9 Å². The van der Waals surface area contributed by atoms with E-state index < -0.39 is 17.9 Å². The summed E-state index contributed by atoms with van der Waals surface area (Å²) in [5.74, 6) is -1.95. The third-order valence-corrected chi connectivity index (χ3v) is 8.21. The fourth-order valence-electron chi connectivity index (χ4n) is 5.75. The van der Waals surface area contributed by atoms with Gasteiger partial charge in [-0.2, -0.15) is 0 Å². The van der Waals surface area contributed by atoms with Crippen molar-refractivity contribution < 1.29 is 28.8 Å². The molecule has 1 atom stereocenters. The highest BCUT2D eigenvalue weighted by Crippen LogP contribution is 2.27. The molecule has 12 heteroatoms. The number of rotatable bonds is 13. The van der Waals surface area contributed by atoms with E-state index >= 15 is 0 Å². The minimum absolute atomic E-state index is 0.0354. The molecule has 1 aliphatic rings. The minimum atomic E-state index is -0.826. The Morgan fingerprint density at radius 1 is 0.978 bits per heavy atom. The molecule has 1 fully saturated rings. The Morgan fingerprint density at radius 3 is 2.48 bits per heavy atom. The van der Waals surface area contributed by atoms with E-state index in [-0.39, 0.29) is 53.8 Å². The van der Waals surface area contributed by atoms with Crippen molar-refractivity contribution in [1.82, 2.24) is 30.4 Å². The van der Waals surface area contributed by atoms with Gasteiger partial charge in [0.15, 0.2) is 6.29 Å². The van der Waals surface area contributed by atoms with E-state index in [4.69, 9.17) is 0 Å². The molecule has 5 rings (SSSR count). The normalized spacial score (nSPS) is 14.6. The number of unbranched alkanes of at least 4 members (excludes halogenated alkanes) is 3. The molecule has 3 N–H and O–H groups in total. The summed E-state index contributed by atoms with van der Waals surface area (Å²) in [5, 5.41) is 10.1. The van der Waals surface area contributed by atoms with E-state index in [1.54, 1.807) is 6.20 Å². The lowest BCUT2D eigenvalue weighted by Gasteiger charge is -2.30. The lowest BCUT2D eigenvalue weighted by atomic mass is 10.0. The number of fused-ring (bicyclic) bond motifs is 3. The van der Waals surface area contributed by atoms with Crippen LogP contribution in [0.2, 0.25) is 0 Å². The maximum Gasteiger partial charge on any atom is 0.255 e. The van der Waals surface area contributed by atoms with Gasteiger partial charge in [-0.1, -0.05) is 31.0 Å². The summed E-state index contributed by atoms with van der Waals surface area (Å²) < 4.78 is 1.94. The van der Waals surface area contributed by atoms with Crippen molar-refractivity contribution in [2.75, 3.05) is 20.1 Å². The van der Waals surface area contributed by atoms with Crippen LogP contribution in [0.4, 0.5) is 0 Å². The standard InChI is InChI=1S/C34H36N6O6/c1-39(28-14-15-29(42)38-33(28)45)34(46)24-13-12-22(19-23(24)21-41)32(44)37-17-7-3-2-6-16-35-30(43)20-40-27-11-5-4-9-25(27)26-10-8-18-36-31(26)40/h4-5,8-13,18-19,21,28H,2-3,6-7,14-17,20H2,1H3,(H,35,43)(H,37,44)(H,38,42,45). The molecule has 0 spiro atoms. The molecule has 0 saturated carbocycles. The monoisotopic (exact) mass is 624 g/mol. The fourth-order valence-corrected chi connectivity index (χ4v) is 5.75. The highest BCUT2D eigenvalue weighted by Gasteiger charge is 2.33. The van der Waals surface area contributed by atoms with Gasteiger partial charge < -0.3 is 20.1 Å². The summed E-state index contributed by atoms with van der Waals surface area (Å²) in [5.41, 5.74) is 2.09. The topological polar surface area (TPSA) is 160 Å². The molecule has 1 unspecified atom stereocenters. The molecule has 5 amide bonds. The highest BCUT2D eigenvalue weighted by atomic mass is 16.2. The lowest BCUT2D eigenvalue weighted by Crippen LogP contribution is -2.53. The largest absolute Gasteiger partial charge is 0.355 e. The molecule has 2 aromatic heterocycles. The third kappa shape index (κ3) is 7.12. The zero-order valence-corrected chi connectivity index (χ0v) is 25.6. The second-order valence-corrected chi connectivity index (χ2v) is 11.3. The summed E-state index contributed by atoms with van der Waals surface area (Å²) in [6, 6.07) is 15.2. The molecule has 46 heavy (non-hydrogen) atoms. The summed E-state index contributed by atoms with van der Waals surface area (Å²) in [7, 11) is 1.44. The molecule has 0 bridgehead atoms. The Kier molecular flexibility index (Phi) is 10.2. The first-order valence-electron chi connectivity index (χ1n) is 15.4. The van der Waals surface area contributed by atoms with Crippen LogP contribution >= 0.6 is 0 Å². The average molecular weight is 625 g/mol. The Hall–Kier alpha value is -5.39. The summed E-state index contributed by atoms with van der Waals surface area (Å²) in [6.45, 7) is 1.17. The van der Waals surface area contributed by atoms with Crippen LogP contribution in [0.15, 0.2) is 60.8 Å². The van der Waals surface area contributed by atoms with Gasteiger partial charge in [0, 0.05) is 54.7 Å². The van der Waals surface area contributed by atoms with E-state index in [1.807, 2.05) is 41.0 Å². The van der Waals surface area contributed by atoms with Gasteiger partial charge in [-0.3, -0.25) is 34.1 Å². The van der Waals surface area contributed by atoms with E-state index in [2.05, 4.69) is 20.9 Å². The number of hydrogen-bond donors (Lipinski definition) is 3. The van der Waals surface area contributed by atoms with E-state index in [0.29, 0.717) is 19.4 Å². The van der Waals surface area contributed by atoms with Crippen molar-refractivity contribution in [2.45, 2.75) is 51.1 Å². The van der Waals surface area contributed by atoms with Gasteiger partial charge in [0.25, 0.3) is 11.8 Å². The number of para-hydroxylation sites is 1. The number of likely N-dealkylation sites (N-methyl/N-ethyl adjacent to an activating group) is 1. The Labute approximate surface area is 265 Å². The summed E-state index contributed by atoms with van der Waals surface area (Å²) >= 11 is 0. The van der Waals surface area contributed by atoms with Gasteiger partial charge in [0.05, 0.1) is 11.1 Å². The highest BCUT2D eigenvalue weighted by molar-refractivity contribution is 6.08. The molecule has 0 aliphatic carbocycles. The van der Waals surface area contributed by atoms with Crippen LogP contribution in [-0.4, -0.2) is 76.5 Å².